The summed E-state index contributed by atoms with van der Waals surface area (Å²) in [5.74, 6) is 0.676. The van der Waals surface area contributed by atoms with Crippen LogP contribution in [0.4, 0.5) is 0 Å². The molecule has 0 radical (unpaired) electrons. The topological polar surface area (TPSA) is 101 Å². The van der Waals surface area contributed by atoms with Gasteiger partial charge in [-0.1, -0.05) is 12.1 Å². The van der Waals surface area contributed by atoms with E-state index in [2.05, 4.69) is 9.05 Å². The standard InChI is InChI=1S/C13H20O8P2/c1-17-12-6-4-11(5-7-12)8-13(14,9-20-22(15)18-2)10-21-23(16)19-3/h4-7,14H,8-10H2,1-3H3/q+2. The predicted octanol–water partition coefficient (Wildman–Crippen LogP) is 2.61. The monoisotopic (exact) mass is 366 g/mol. The maximum absolute atomic E-state index is 11.2. The van der Waals surface area contributed by atoms with Crippen LogP contribution >= 0.6 is 16.5 Å². The van der Waals surface area contributed by atoms with Crippen molar-refractivity contribution in [3.05, 3.63) is 29.8 Å². The van der Waals surface area contributed by atoms with Gasteiger partial charge in [-0.3, -0.25) is 0 Å². The Labute approximate surface area is 136 Å². The van der Waals surface area contributed by atoms with Gasteiger partial charge in [0.25, 0.3) is 0 Å². The highest BCUT2D eigenvalue weighted by molar-refractivity contribution is 7.33. The van der Waals surface area contributed by atoms with Crippen molar-refractivity contribution in [3.63, 3.8) is 0 Å². The van der Waals surface area contributed by atoms with Gasteiger partial charge in [-0.15, -0.1) is 18.1 Å². The van der Waals surface area contributed by atoms with Crippen LogP contribution in [0.3, 0.4) is 0 Å². The first kappa shape index (κ1) is 20.1. The molecule has 1 aromatic rings. The van der Waals surface area contributed by atoms with Gasteiger partial charge in [-0.05, 0) is 17.7 Å². The minimum atomic E-state index is -2.34. The van der Waals surface area contributed by atoms with E-state index in [1.54, 1.807) is 31.4 Å². The highest BCUT2D eigenvalue weighted by atomic mass is 31.1. The highest BCUT2D eigenvalue weighted by Gasteiger charge is 2.37. The van der Waals surface area contributed by atoms with Crippen LogP contribution in [0.2, 0.25) is 0 Å². The van der Waals surface area contributed by atoms with Crippen LogP contribution in [-0.2, 0) is 33.6 Å². The lowest BCUT2D eigenvalue weighted by atomic mass is 9.96. The van der Waals surface area contributed by atoms with Crippen molar-refractivity contribution in [1.82, 2.24) is 0 Å². The zero-order chi connectivity index (χ0) is 17.3. The molecule has 1 rings (SSSR count). The fraction of sp³-hybridized carbons (Fsp3) is 0.538. The molecule has 1 aromatic carbocycles. The average molecular weight is 366 g/mol. The van der Waals surface area contributed by atoms with Crippen molar-refractivity contribution in [2.24, 2.45) is 0 Å². The molecular formula is C13H20O8P2+2. The van der Waals surface area contributed by atoms with Crippen LogP contribution in [-0.4, -0.2) is 45.3 Å². The van der Waals surface area contributed by atoms with Gasteiger partial charge < -0.3 is 9.84 Å². The summed E-state index contributed by atoms with van der Waals surface area (Å²) in [5.41, 5.74) is -0.789. The first-order chi connectivity index (χ1) is 10.9. The summed E-state index contributed by atoms with van der Waals surface area (Å²) >= 11 is 0. The van der Waals surface area contributed by atoms with Crippen molar-refractivity contribution in [2.75, 3.05) is 34.5 Å². The Morgan fingerprint density at radius 1 is 0.957 bits per heavy atom. The number of methoxy groups -OCH3 is 1. The Kier molecular flexibility index (Phi) is 8.73. The lowest BCUT2D eigenvalue weighted by Gasteiger charge is -2.22. The molecule has 0 fully saturated rings. The summed E-state index contributed by atoms with van der Waals surface area (Å²) in [4.78, 5) is 0. The van der Waals surface area contributed by atoms with E-state index < -0.39 is 22.1 Å². The highest BCUT2D eigenvalue weighted by Crippen LogP contribution is 2.29. The van der Waals surface area contributed by atoms with Gasteiger partial charge in [0, 0.05) is 15.6 Å². The van der Waals surface area contributed by atoms with Gasteiger partial charge in [0.15, 0.2) is 0 Å². The van der Waals surface area contributed by atoms with E-state index in [9.17, 15) is 14.2 Å². The maximum atomic E-state index is 11.2. The first-order valence-corrected chi connectivity index (χ1v) is 8.75. The number of hydrogen-bond donors (Lipinski definition) is 1. The van der Waals surface area contributed by atoms with Gasteiger partial charge in [0.05, 0.1) is 21.3 Å². The first-order valence-electron chi connectivity index (χ1n) is 6.56. The molecule has 0 aliphatic heterocycles. The lowest BCUT2D eigenvalue weighted by Crippen LogP contribution is -2.40. The molecule has 0 saturated carbocycles. The summed E-state index contributed by atoms with van der Waals surface area (Å²) in [6.07, 6.45) is 0.122. The van der Waals surface area contributed by atoms with E-state index in [-0.39, 0.29) is 19.6 Å². The zero-order valence-corrected chi connectivity index (χ0v) is 14.9. The van der Waals surface area contributed by atoms with Gasteiger partial charge in [-0.25, -0.2) is 0 Å². The van der Waals surface area contributed by atoms with E-state index >= 15 is 0 Å². The normalized spacial score (nSPS) is 15.0. The molecule has 2 atom stereocenters. The second-order valence-corrected chi connectivity index (χ2v) is 6.75. The third-order valence-electron chi connectivity index (χ3n) is 2.87. The number of benzene rings is 1. The second-order valence-electron chi connectivity index (χ2n) is 4.61. The van der Waals surface area contributed by atoms with Gasteiger partial charge in [-0.2, -0.15) is 0 Å². The van der Waals surface area contributed by atoms with Gasteiger partial charge >= 0.3 is 16.5 Å². The molecule has 10 heteroatoms. The third-order valence-corrected chi connectivity index (χ3v) is 4.14. The van der Waals surface area contributed by atoms with Crippen molar-refractivity contribution < 1.29 is 37.1 Å². The Hall–Kier alpha value is -0.980. The predicted molar refractivity (Wildman–Crippen MR) is 82.8 cm³/mol. The quantitative estimate of drug-likeness (QED) is 0.597. The molecule has 128 valence electrons. The van der Waals surface area contributed by atoms with Crippen LogP contribution in [0.5, 0.6) is 5.75 Å². The minimum Gasteiger partial charge on any atom is -0.497 e. The molecule has 0 saturated heterocycles. The molecule has 2 unspecified atom stereocenters. The molecule has 0 spiro atoms. The number of hydrogen-bond acceptors (Lipinski definition) is 8. The smallest absolute Gasteiger partial charge is 0.497 e. The molecule has 0 aliphatic carbocycles. The summed E-state index contributed by atoms with van der Waals surface area (Å²) in [7, 11) is -0.694. The number of rotatable bonds is 11. The zero-order valence-electron chi connectivity index (χ0n) is 13.1. The van der Waals surface area contributed by atoms with Crippen molar-refractivity contribution >= 4 is 16.5 Å². The molecular weight excluding hydrogens is 346 g/mol. The fourth-order valence-corrected chi connectivity index (χ4v) is 2.62. The van der Waals surface area contributed by atoms with Crippen LogP contribution in [0.25, 0.3) is 0 Å². The average Bonchev–Trinajstić information content (AvgIpc) is 2.58. The van der Waals surface area contributed by atoms with Gasteiger partial charge in [0.2, 0.25) is 0 Å². The lowest BCUT2D eigenvalue weighted by molar-refractivity contribution is -0.0413. The van der Waals surface area contributed by atoms with Crippen molar-refractivity contribution in [2.45, 2.75) is 12.0 Å². The van der Waals surface area contributed by atoms with Crippen LogP contribution < -0.4 is 4.74 Å². The summed E-state index contributed by atoms with van der Waals surface area (Å²) in [6, 6.07) is 7.00. The van der Waals surface area contributed by atoms with E-state index in [0.717, 1.165) is 5.56 Å². The Bertz CT molecular complexity index is 499. The molecule has 23 heavy (non-hydrogen) atoms. The van der Waals surface area contributed by atoms with Crippen LogP contribution in [0.1, 0.15) is 5.56 Å². The molecule has 0 heterocycles. The maximum Gasteiger partial charge on any atom is 0.697 e. The van der Waals surface area contributed by atoms with E-state index in [1.165, 1.54) is 14.2 Å². The van der Waals surface area contributed by atoms with E-state index in [4.69, 9.17) is 13.8 Å². The molecule has 1 N–H and O–H groups in total. The molecule has 8 nitrogen and oxygen atoms in total. The van der Waals surface area contributed by atoms with Crippen LogP contribution in [0.15, 0.2) is 24.3 Å². The SMILES string of the molecule is COc1ccc(CC(O)(CO[P+](=O)OC)CO[P+](=O)OC)cc1. The Morgan fingerprint density at radius 2 is 1.43 bits per heavy atom. The minimum absolute atomic E-state index is 0.122. The van der Waals surface area contributed by atoms with Gasteiger partial charge in [0.1, 0.15) is 24.6 Å². The molecule has 0 aliphatic rings. The fourth-order valence-electron chi connectivity index (χ4n) is 1.72. The number of ether oxygens (including phenoxy) is 1. The summed E-state index contributed by atoms with van der Waals surface area (Å²) in [6.45, 7) is -0.649. The van der Waals surface area contributed by atoms with E-state index in [0.29, 0.717) is 5.75 Å². The number of aliphatic hydroxyl groups is 1. The molecule has 0 bridgehead atoms. The summed E-state index contributed by atoms with van der Waals surface area (Å²) < 4.78 is 46.4. The molecule has 0 amide bonds. The summed E-state index contributed by atoms with van der Waals surface area (Å²) in [5, 5.41) is 10.6. The van der Waals surface area contributed by atoms with Crippen molar-refractivity contribution in [3.8, 4) is 5.75 Å². The van der Waals surface area contributed by atoms with Crippen molar-refractivity contribution in [1.29, 1.82) is 0 Å². The Morgan fingerprint density at radius 3 is 1.83 bits per heavy atom. The second kappa shape index (κ2) is 10.0. The third kappa shape index (κ3) is 7.42. The molecule has 0 aromatic heterocycles. The van der Waals surface area contributed by atoms with E-state index in [1.807, 2.05) is 0 Å². The van der Waals surface area contributed by atoms with Crippen LogP contribution in [0, 0.1) is 0 Å². The Balaban J connectivity index is 2.78. The largest absolute Gasteiger partial charge is 0.697 e.